The summed E-state index contributed by atoms with van der Waals surface area (Å²) in [6.07, 6.45) is 0. The molecule has 0 radical (unpaired) electrons. The van der Waals surface area contributed by atoms with Gasteiger partial charge in [-0.25, -0.2) is 13.6 Å². The molecule has 0 aliphatic rings. The Morgan fingerprint density at radius 3 is 2.50 bits per heavy atom. The van der Waals surface area contributed by atoms with Crippen LogP contribution in [0.2, 0.25) is 0 Å². The van der Waals surface area contributed by atoms with Crippen molar-refractivity contribution in [1.82, 2.24) is 10.3 Å². The molecule has 0 aliphatic carbocycles. The molecule has 26 heavy (non-hydrogen) atoms. The number of halogens is 2. The first-order valence-corrected chi connectivity index (χ1v) is 7.97. The Morgan fingerprint density at radius 1 is 1.08 bits per heavy atom. The summed E-state index contributed by atoms with van der Waals surface area (Å²) in [5.74, 6) is -2.89. The van der Waals surface area contributed by atoms with E-state index >= 15 is 0 Å². The zero-order valence-corrected chi connectivity index (χ0v) is 14.0. The summed E-state index contributed by atoms with van der Waals surface area (Å²) in [4.78, 5) is 26.3. The molecule has 0 bridgehead atoms. The molecule has 1 aromatic heterocycles. The molecule has 0 aliphatic heterocycles. The fraction of sp³-hybridized carbons (Fsp3) is 0.158. The minimum absolute atomic E-state index is 0.0783. The van der Waals surface area contributed by atoms with E-state index in [1.165, 1.54) is 18.2 Å². The molecule has 3 aromatic rings. The highest BCUT2D eigenvalue weighted by molar-refractivity contribution is 5.99. The van der Waals surface area contributed by atoms with Crippen molar-refractivity contribution in [3.8, 4) is 0 Å². The number of alkyl halides is 2. The standard InChI is InChI=1S/C19H17F2N3O2/c1-19(20,21)14-8-5-12(6-9-14)11-22-18(26)23-15-4-2-3-13-7-10-16(25)24-17(13)15/h2-10H,11H2,1H3,(H,24,25)(H2,22,23,26). The average Bonchev–Trinajstić information content (AvgIpc) is 2.60. The Balaban J connectivity index is 1.66. The maximum Gasteiger partial charge on any atom is 0.319 e. The Labute approximate surface area is 148 Å². The third-order valence-corrected chi connectivity index (χ3v) is 3.92. The van der Waals surface area contributed by atoms with Crippen LogP contribution in [-0.4, -0.2) is 11.0 Å². The van der Waals surface area contributed by atoms with Crippen LogP contribution >= 0.6 is 0 Å². The number of aromatic amines is 1. The van der Waals surface area contributed by atoms with Gasteiger partial charge in [0.15, 0.2) is 0 Å². The molecule has 5 nitrogen and oxygen atoms in total. The summed E-state index contributed by atoms with van der Waals surface area (Å²) in [6, 6.07) is 13.6. The molecular weight excluding hydrogens is 340 g/mol. The summed E-state index contributed by atoms with van der Waals surface area (Å²) in [5, 5.41) is 6.12. The zero-order valence-electron chi connectivity index (χ0n) is 14.0. The van der Waals surface area contributed by atoms with Crippen LogP contribution in [0.4, 0.5) is 19.3 Å². The molecule has 1 heterocycles. The highest BCUT2D eigenvalue weighted by atomic mass is 19.3. The lowest BCUT2D eigenvalue weighted by atomic mass is 10.1. The smallest absolute Gasteiger partial charge is 0.319 e. The van der Waals surface area contributed by atoms with Crippen molar-refractivity contribution < 1.29 is 13.6 Å². The molecule has 3 rings (SSSR count). The summed E-state index contributed by atoms with van der Waals surface area (Å²) in [7, 11) is 0. The van der Waals surface area contributed by atoms with E-state index in [-0.39, 0.29) is 17.7 Å². The molecule has 2 amide bonds. The number of hydrogen-bond acceptors (Lipinski definition) is 2. The largest absolute Gasteiger partial charge is 0.334 e. The lowest BCUT2D eigenvalue weighted by Crippen LogP contribution is -2.28. The van der Waals surface area contributed by atoms with Gasteiger partial charge in [-0.15, -0.1) is 0 Å². The van der Waals surface area contributed by atoms with Crippen LogP contribution in [0.3, 0.4) is 0 Å². The van der Waals surface area contributed by atoms with Crippen LogP contribution in [0.15, 0.2) is 59.4 Å². The summed E-state index contributed by atoms with van der Waals surface area (Å²) < 4.78 is 26.4. The van der Waals surface area contributed by atoms with E-state index in [0.717, 1.165) is 12.3 Å². The number of rotatable bonds is 4. The maximum atomic E-state index is 13.2. The van der Waals surface area contributed by atoms with Gasteiger partial charge in [0.25, 0.3) is 5.92 Å². The SMILES string of the molecule is CC(F)(F)c1ccc(CNC(=O)Nc2cccc3ccc(=O)[nH]c23)cc1. The number of carbonyl (C=O) groups excluding carboxylic acids is 1. The van der Waals surface area contributed by atoms with Gasteiger partial charge in [-0.2, -0.15) is 0 Å². The lowest BCUT2D eigenvalue weighted by molar-refractivity contribution is 0.0174. The number of aromatic nitrogens is 1. The van der Waals surface area contributed by atoms with Crippen molar-refractivity contribution in [2.45, 2.75) is 19.4 Å². The van der Waals surface area contributed by atoms with Crippen molar-refractivity contribution in [3.05, 3.63) is 76.1 Å². The monoisotopic (exact) mass is 357 g/mol. The van der Waals surface area contributed by atoms with Gasteiger partial charge in [-0.3, -0.25) is 4.79 Å². The van der Waals surface area contributed by atoms with Crippen LogP contribution in [0.25, 0.3) is 10.9 Å². The number of pyridine rings is 1. The Morgan fingerprint density at radius 2 is 1.81 bits per heavy atom. The molecule has 0 fully saturated rings. The predicted octanol–water partition coefficient (Wildman–Crippen LogP) is 3.96. The highest BCUT2D eigenvalue weighted by Crippen LogP contribution is 2.26. The molecular formula is C19H17F2N3O2. The summed E-state index contributed by atoms with van der Waals surface area (Å²) in [5.41, 5.74) is 1.35. The van der Waals surface area contributed by atoms with Gasteiger partial charge < -0.3 is 15.6 Å². The molecule has 7 heteroatoms. The molecule has 134 valence electrons. The molecule has 0 spiro atoms. The number of hydrogen-bond donors (Lipinski definition) is 3. The van der Waals surface area contributed by atoms with Crippen molar-refractivity contribution >= 4 is 22.6 Å². The molecule has 0 unspecified atom stereocenters. The second kappa shape index (κ2) is 6.95. The Hall–Kier alpha value is -3.22. The second-order valence-electron chi connectivity index (χ2n) is 5.99. The van der Waals surface area contributed by atoms with Gasteiger partial charge in [0.05, 0.1) is 11.2 Å². The normalized spacial score (nSPS) is 11.3. The number of amides is 2. The first kappa shape index (κ1) is 17.6. The third-order valence-electron chi connectivity index (χ3n) is 3.92. The number of fused-ring (bicyclic) bond motifs is 1. The number of urea groups is 1. The predicted molar refractivity (Wildman–Crippen MR) is 96.4 cm³/mol. The molecule has 2 aromatic carbocycles. The van der Waals surface area contributed by atoms with Gasteiger partial charge >= 0.3 is 6.03 Å². The first-order valence-electron chi connectivity index (χ1n) is 7.97. The first-order chi connectivity index (χ1) is 12.3. The van der Waals surface area contributed by atoms with E-state index < -0.39 is 12.0 Å². The third kappa shape index (κ3) is 4.05. The van der Waals surface area contributed by atoms with Gasteiger partial charge in [0.2, 0.25) is 5.56 Å². The number of para-hydroxylation sites is 1. The lowest BCUT2D eigenvalue weighted by Gasteiger charge is -2.12. The second-order valence-corrected chi connectivity index (χ2v) is 5.99. The molecule has 0 saturated heterocycles. The fourth-order valence-corrected chi connectivity index (χ4v) is 2.55. The quantitative estimate of drug-likeness (QED) is 0.661. The minimum atomic E-state index is -2.89. The van der Waals surface area contributed by atoms with Gasteiger partial charge in [-0.05, 0) is 17.7 Å². The van der Waals surface area contributed by atoms with Crippen molar-refractivity contribution in [2.75, 3.05) is 5.32 Å². The number of benzene rings is 2. The van der Waals surface area contributed by atoms with E-state index in [2.05, 4.69) is 15.6 Å². The zero-order chi connectivity index (χ0) is 18.7. The number of nitrogens with one attached hydrogen (secondary N) is 3. The Kier molecular flexibility index (Phi) is 4.71. The number of H-pyrrole nitrogens is 1. The van der Waals surface area contributed by atoms with Crippen molar-refractivity contribution in [2.24, 2.45) is 0 Å². The average molecular weight is 357 g/mol. The van der Waals surface area contributed by atoms with Crippen molar-refractivity contribution in [1.29, 1.82) is 0 Å². The van der Waals surface area contributed by atoms with Gasteiger partial charge in [0, 0.05) is 30.5 Å². The van der Waals surface area contributed by atoms with Crippen LogP contribution in [-0.2, 0) is 12.5 Å². The minimum Gasteiger partial charge on any atom is -0.334 e. The fourth-order valence-electron chi connectivity index (χ4n) is 2.55. The molecule has 3 N–H and O–H groups in total. The molecule has 0 saturated carbocycles. The van der Waals surface area contributed by atoms with Gasteiger partial charge in [0.1, 0.15) is 0 Å². The number of anilines is 1. The van der Waals surface area contributed by atoms with Gasteiger partial charge in [-0.1, -0.05) is 36.4 Å². The maximum absolute atomic E-state index is 13.2. The van der Waals surface area contributed by atoms with Crippen LogP contribution in [0.1, 0.15) is 18.1 Å². The van der Waals surface area contributed by atoms with Crippen molar-refractivity contribution in [3.63, 3.8) is 0 Å². The van der Waals surface area contributed by atoms with E-state index in [1.54, 1.807) is 30.3 Å². The Bertz CT molecular complexity index is 992. The topological polar surface area (TPSA) is 74.0 Å². The molecule has 0 atom stereocenters. The van der Waals surface area contributed by atoms with Crippen LogP contribution < -0.4 is 16.2 Å². The van der Waals surface area contributed by atoms with Crippen LogP contribution in [0, 0.1) is 0 Å². The van der Waals surface area contributed by atoms with E-state index in [0.29, 0.717) is 16.8 Å². The summed E-state index contributed by atoms with van der Waals surface area (Å²) in [6.45, 7) is 1.02. The van der Waals surface area contributed by atoms with E-state index in [1.807, 2.05) is 6.07 Å². The number of carbonyl (C=O) groups is 1. The van der Waals surface area contributed by atoms with Crippen LogP contribution in [0.5, 0.6) is 0 Å². The summed E-state index contributed by atoms with van der Waals surface area (Å²) >= 11 is 0. The van der Waals surface area contributed by atoms with E-state index in [4.69, 9.17) is 0 Å². The highest BCUT2D eigenvalue weighted by Gasteiger charge is 2.23. The van der Waals surface area contributed by atoms with E-state index in [9.17, 15) is 18.4 Å².